The van der Waals surface area contributed by atoms with Crippen molar-refractivity contribution in [2.75, 3.05) is 36.4 Å². The molecule has 57 heavy (non-hydrogen) atoms. The summed E-state index contributed by atoms with van der Waals surface area (Å²) < 4.78 is 42.5. The van der Waals surface area contributed by atoms with Crippen molar-refractivity contribution in [3.05, 3.63) is 108 Å². The first-order chi connectivity index (χ1) is 27.5. The van der Waals surface area contributed by atoms with Crippen molar-refractivity contribution in [3.63, 3.8) is 0 Å². The van der Waals surface area contributed by atoms with E-state index >= 15 is 0 Å². The predicted octanol–water partition coefficient (Wildman–Crippen LogP) is 4.38. The number of aliphatic hydroxyl groups is 2. The Balaban J connectivity index is 1.19. The zero-order chi connectivity index (χ0) is 40.1. The molecule has 2 fully saturated rings. The lowest BCUT2D eigenvalue weighted by Gasteiger charge is -2.31. The van der Waals surface area contributed by atoms with Crippen molar-refractivity contribution < 1.29 is 33.0 Å². The minimum atomic E-state index is -5.15. The van der Waals surface area contributed by atoms with Gasteiger partial charge in [-0.15, -0.1) is 0 Å². The summed E-state index contributed by atoms with van der Waals surface area (Å²) >= 11 is 0. The number of amides is 3. The largest absolute Gasteiger partial charge is 0.471 e. The van der Waals surface area contributed by atoms with Gasteiger partial charge < -0.3 is 40.5 Å². The summed E-state index contributed by atoms with van der Waals surface area (Å²) in [6.07, 6.45) is -2.93. The van der Waals surface area contributed by atoms with E-state index in [9.17, 15) is 33.0 Å². The molecule has 0 bridgehead atoms. The van der Waals surface area contributed by atoms with Gasteiger partial charge in [0.05, 0.1) is 18.4 Å². The van der Waals surface area contributed by atoms with Gasteiger partial charge >= 0.3 is 18.1 Å². The molecule has 17 heteroatoms. The number of benzene rings is 2. The molecule has 3 amide bonds. The Labute approximate surface area is 327 Å². The number of nitrogens with one attached hydrogen (secondary N) is 3. The summed E-state index contributed by atoms with van der Waals surface area (Å²) in [7, 11) is 0. The van der Waals surface area contributed by atoms with E-state index in [1.54, 1.807) is 30.0 Å². The third-order valence-corrected chi connectivity index (χ3v) is 10.6. The molecule has 2 aliphatic rings. The van der Waals surface area contributed by atoms with Crippen molar-refractivity contribution in [1.82, 2.24) is 40.0 Å². The van der Waals surface area contributed by atoms with Crippen LogP contribution in [0.25, 0.3) is 11.2 Å². The number of rotatable bonds is 13. The monoisotopic (exact) mass is 786 g/mol. The van der Waals surface area contributed by atoms with Crippen LogP contribution in [-0.2, 0) is 11.3 Å². The van der Waals surface area contributed by atoms with Crippen molar-refractivity contribution in [2.45, 2.75) is 75.2 Å². The second-order valence-electron chi connectivity index (χ2n) is 14.4. The fourth-order valence-corrected chi connectivity index (χ4v) is 7.78. The highest BCUT2D eigenvalue weighted by atomic mass is 19.4. The number of anilines is 2. The van der Waals surface area contributed by atoms with Crippen LogP contribution in [0.4, 0.5) is 29.7 Å². The molecule has 4 heterocycles. The summed E-state index contributed by atoms with van der Waals surface area (Å²) in [5, 5.41) is 31.8. The zero-order valence-corrected chi connectivity index (χ0v) is 31.3. The smallest absolute Gasteiger partial charge is 0.388 e. The number of alkyl halides is 3. The number of fused-ring (bicyclic) bond motifs is 1. The van der Waals surface area contributed by atoms with Crippen LogP contribution in [0.2, 0.25) is 0 Å². The van der Waals surface area contributed by atoms with Crippen LogP contribution in [0.5, 0.6) is 0 Å². The standard InChI is InChI=1S/C40H45F3N10O4/c1-2-17-52(37(56)40(41,42)43)30-19-31(34(55)33(30)54)53-24-47-32-35(45-22-29(26-11-5-3-6-12-26)27-13-7-4-8-14-27)49-38(50-36(32)53)51-18-15-28(23-51)48-39(57)46-21-25-10-9-16-44-20-25/h3-14,16,20,24,28-31,33-34,54-55H,2,15,17-19,21-23H2,1H3,(H,45,49,50)(H2,46,48,57)/t28-,30+,31-,33-,34+/m1/s1. The highest BCUT2D eigenvalue weighted by Gasteiger charge is 2.51. The highest BCUT2D eigenvalue weighted by Crippen LogP contribution is 2.38. The molecular weight excluding hydrogens is 741 g/mol. The second kappa shape index (κ2) is 17.1. The van der Waals surface area contributed by atoms with Gasteiger partial charge in [0.1, 0.15) is 12.2 Å². The third kappa shape index (κ3) is 8.78. The molecule has 1 aliphatic heterocycles. The molecule has 5 aromatic rings. The SMILES string of the molecule is CCCN(C(=O)C(F)(F)F)[C@H]1C[C@@H](n2cnc3c(NCC(c4ccccc4)c4ccccc4)nc(N4CC[C@@H](NC(=O)NCc5cccnc5)C4)nc32)[C@H](O)[C@@H]1O. The summed E-state index contributed by atoms with van der Waals surface area (Å²) in [5.74, 6) is -1.45. The van der Waals surface area contributed by atoms with Crippen molar-refractivity contribution in [1.29, 1.82) is 0 Å². The maximum Gasteiger partial charge on any atom is 0.471 e. The average Bonchev–Trinajstić information content (AvgIpc) is 3.94. The first-order valence-corrected chi connectivity index (χ1v) is 19.0. The molecule has 2 aromatic carbocycles. The lowest BCUT2D eigenvalue weighted by molar-refractivity contribution is -0.190. The number of imidazole rings is 1. The first-order valence-electron chi connectivity index (χ1n) is 19.0. The Morgan fingerprint density at radius 2 is 1.70 bits per heavy atom. The van der Waals surface area contributed by atoms with E-state index in [1.807, 2.05) is 71.6 Å². The second-order valence-corrected chi connectivity index (χ2v) is 14.4. The Hall–Kier alpha value is -5.81. The molecule has 1 saturated carbocycles. The molecule has 0 unspecified atom stereocenters. The number of carbonyl (C=O) groups is 2. The van der Waals surface area contributed by atoms with Gasteiger partial charge in [0.15, 0.2) is 17.0 Å². The number of nitrogens with zero attached hydrogens (tertiary/aromatic N) is 7. The number of hydrogen-bond acceptors (Lipinski definition) is 10. The Bertz CT molecular complexity index is 2090. The number of pyridine rings is 1. The van der Waals surface area contributed by atoms with E-state index in [0.717, 1.165) is 16.7 Å². The molecule has 0 radical (unpaired) electrons. The molecule has 5 atom stereocenters. The molecule has 1 saturated heterocycles. The van der Waals surface area contributed by atoms with Gasteiger partial charge in [-0.25, -0.2) is 9.78 Å². The third-order valence-electron chi connectivity index (χ3n) is 10.6. The van der Waals surface area contributed by atoms with E-state index < -0.39 is 36.4 Å². The highest BCUT2D eigenvalue weighted by molar-refractivity contribution is 5.85. The molecule has 300 valence electrons. The lowest BCUT2D eigenvalue weighted by atomic mass is 9.91. The Morgan fingerprint density at radius 1 is 0.982 bits per heavy atom. The van der Waals surface area contributed by atoms with Crippen LogP contribution in [0.3, 0.4) is 0 Å². The summed E-state index contributed by atoms with van der Waals surface area (Å²) in [6, 6.07) is 20.8. The van der Waals surface area contributed by atoms with Gasteiger partial charge in [-0.2, -0.15) is 23.1 Å². The van der Waals surface area contributed by atoms with E-state index in [4.69, 9.17) is 9.97 Å². The number of hydrogen-bond donors (Lipinski definition) is 5. The summed E-state index contributed by atoms with van der Waals surface area (Å²) in [6.45, 7) is 2.99. The quantitative estimate of drug-likeness (QED) is 0.115. The molecule has 0 spiro atoms. The average molecular weight is 787 g/mol. The van der Waals surface area contributed by atoms with Crippen LogP contribution in [0.15, 0.2) is 91.5 Å². The molecule has 14 nitrogen and oxygen atoms in total. The van der Waals surface area contributed by atoms with E-state index in [1.165, 1.54) is 6.33 Å². The molecular formula is C40H45F3N10O4. The van der Waals surface area contributed by atoms with Crippen molar-refractivity contribution >= 4 is 34.9 Å². The fourth-order valence-electron chi connectivity index (χ4n) is 7.78. The predicted molar refractivity (Wildman–Crippen MR) is 206 cm³/mol. The van der Waals surface area contributed by atoms with Gasteiger partial charge in [-0.1, -0.05) is 73.7 Å². The minimum absolute atomic E-state index is 0.0863. The van der Waals surface area contributed by atoms with Gasteiger partial charge in [0, 0.05) is 57.1 Å². The number of carbonyl (C=O) groups excluding carboxylic acids is 2. The van der Waals surface area contributed by atoms with Crippen LogP contribution >= 0.6 is 0 Å². The van der Waals surface area contributed by atoms with Crippen molar-refractivity contribution in [2.24, 2.45) is 0 Å². The van der Waals surface area contributed by atoms with E-state index in [-0.39, 0.29) is 43.0 Å². The molecule has 3 aromatic heterocycles. The topological polar surface area (TPSA) is 174 Å². The Morgan fingerprint density at radius 3 is 2.35 bits per heavy atom. The van der Waals surface area contributed by atoms with Gasteiger partial charge in [-0.05, 0) is 42.0 Å². The van der Waals surface area contributed by atoms with Crippen molar-refractivity contribution in [3.8, 4) is 0 Å². The fraction of sp³-hybridized carbons (Fsp3) is 0.400. The number of urea groups is 1. The maximum absolute atomic E-state index is 13.7. The molecule has 1 aliphatic carbocycles. The summed E-state index contributed by atoms with van der Waals surface area (Å²) in [4.78, 5) is 46.3. The summed E-state index contributed by atoms with van der Waals surface area (Å²) in [5.41, 5.74) is 3.63. The molecule has 5 N–H and O–H groups in total. The number of aliphatic hydroxyl groups excluding tert-OH is 2. The zero-order valence-electron chi connectivity index (χ0n) is 31.3. The van der Waals surface area contributed by atoms with Gasteiger partial charge in [0.25, 0.3) is 0 Å². The lowest BCUT2D eigenvalue weighted by Crippen LogP contribution is -2.51. The van der Waals surface area contributed by atoms with Crippen LogP contribution in [0.1, 0.15) is 54.8 Å². The van der Waals surface area contributed by atoms with Crippen LogP contribution in [-0.4, -0.2) is 108 Å². The van der Waals surface area contributed by atoms with Gasteiger partial charge in [0.2, 0.25) is 5.95 Å². The maximum atomic E-state index is 13.7. The number of aromatic nitrogens is 5. The molecule has 7 rings (SSSR count). The van der Waals surface area contributed by atoms with Crippen LogP contribution < -0.4 is 20.9 Å². The van der Waals surface area contributed by atoms with Crippen LogP contribution in [0, 0.1) is 0 Å². The minimum Gasteiger partial charge on any atom is -0.388 e. The van der Waals surface area contributed by atoms with E-state index in [0.29, 0.717) is 54.8 Å². The van der Waals surface area contributed by atoms with E-state index in [2.05, 4.69) is 25.9 Å². The first kappa shape index (κ1) is 39.4. The van der Waals surface area contributed by atoms with Gasteiger partial charge in [-0.3, -0.25) is 9.78 Å². The number of halogens is 3. The normalized spacial score (nSPS) is 20.9. The Kier molecular flexibility index (Phi) is 11.9.